The van der Waals surface area contributed by atoms with Crippen LogP contribution in [0.3, 0.4) is 0 Å². The van der Waals surface area contributed by atoms with Gasteiger partial charge < -0.3 is 9.80 Å². The number of benzene rings is 5. The highest BCUT2D eigenvalue weighted by Gasteiger charge is 2.47. The maximum absolute atomic E-state index is 2.46. The largest absolute Gasteiger partial charge is 0.311 e. The van der Waals surface area contributed by atoms with Crippen molar-refractivity contribution in [3.05, 3.63) is 115 Å². The molecule has 158 valence electrons. The highest BCUT2D eigenvalue weighted by molar-refractivity contribution is 8.00. The third-order valence-corrected chi connectivity index (χ3v) is 8.38. The Labute approximate surface area is 203 Å². The van der Waals surface area contributed by atoms with Gasteiger partial charge in [-0.1, -0.05) is 66.4 Å². The third kappa shape index (κ3) is 2.33. The summed E-state index contributed by atoms with van der Waals surface area (Å²) in [5.41, 5.74) is 11.8. The maximum Gasteiger partial charge on any atom is 0.255 e. The minimum Gasteiger partial charge on any atom is -0.311 e. The van der Waals surface area contributed by atoms with Crippen LogP contribution in [0.25, 0.3) is 0 Å². The van der Waals surface area contributed by atoms with E-state index in [9.17, 15) is 0 Å². The molecule has 34 heavy (non-hydrogen) atoms. The number of hydrogen-bond acceptors (Lipinski definition) is 3. The minimum absolute atomic E-state index is 0.241. The Kier molecular flexibility index (Phi) is 3.71. The van der Waals surface area contributed by atoms with E-state index in [0.29, 0.717) is 0 Å². The summed E-state index contributed by atoms with van der Waals surface area (Å²) in [6.45, 7) is 0.241. The summed E-state index contributed by atoms with van der Waals surface area (Å²) in [5, 5.41) is 0. The van der Waals surface area contributed by atoms with E-state index in [1.807, 2.05) is 11.8 Å². The second-order valence-corrected chi connectivity index (χ2v) is 10.0. The van der Waals surface area contributed by atoms with Gasteiger partial charge in [-0.2, -0.15) is 0 Å². The Morgan fingerprint density at radius 2 is 0.824 bits per heavy atom. The van der Waals surface area contributed by atoms with Gasteiger partial charge in [-0.05, 0) is 77.1 Å². The Morgan fingerprint density at radius 1 is 0.412 bits per heavy atom. The van der Waals surface area contributed by atoms with Crippen LogP contribution in [0.2, 0.25) is 0 Å². The molecule has 8 rings (SSSR count). The highest BCUT2D eigenvalue weighted by Crippen LogP contribution is 2.47. The van der Waals surface area contributed by atoms with Crippen molar-refractivity contribution in [3.8, 4) is 0 Å². The zero-order valence-electron chi connectivity index (χ0n) is 18.3. The number of hydrogen-bond donors (Lipinski definition) is 0. The molecule has 0 saturated carbocycles. The molecule has 4 heteroatoms. The van der Waals surface area contributed by atoms with E-state index in [0.717, 1.165) is 0 Å². The monoisotopic (exact) mass is 450 g/mol. The van der Waals surface area contributed by atoms with Crippen molar-refractivity contribution >= 4 is 69.0 Å². The van der Waals surface area contributed by atoms with Crippen molar-refractivity contribution in [3.63, 3.8) is 0 Å². The predicted octanol–water partition coefficient (Wildman–Crippen LogP) is 6.23. The van der Waals surface area contributed by atoms with E-state index in [1.54, 1.807) is 0 Å². The molecule has 0 saturated heterocycles. The second-order valence-electron chi connectivity index (χ2n) is 8.96. The van der Waals surface area contributed by atoms with Crippen LogP contribution in [-0.4, -0.2) is 6.71 Å². The molecular weight excluding hydrogens is 431 g/mol. The predicted molar refractivity (Wildman–Crippen MR) is 145 cm³/mol. The Balaban J connectivity index is 1.52. The highest BCUT2D eigenvalue weighted by atomic mass is 32.2. The normalized spacial score (nSPS) is 14.2. The molecular formula is C30H19BN2S. The lowest BCUT2D eigenvalue weighted by atomic mass is 9.33. The van der Waals surface area contributed by atoms with Gasteiger partial charge in [0.25, 0.3) is 6.71 Å². The van der Waals surface area contributed by atoms with Gasteiger partial charge in [0.2, 0.25) is 0 Å². The first-order chi connectivity index (χ1) is 16.9. The fraction of sp³-hybridized carbons (Fsp3) is 0. The zero-order chi connectivity index (χ0) is 22.2. The van der Waals surface area contributed by atoms with Crippen LogP contribution in [0.5, 0.6) is 0 Å². The van der Waals surface area contributed by atoms with Gasteiger partial charge in [0.15, 0.2) is 0 Å². The minimum atomic E-state index is 0.241. The Morgan fingerprint density at radius 3 is 1.29 bits per heavy atom. The van der Waals surface area contributed by atoms with Crippen LogP contribution in [0, 0.1) is 0 Å². The van der Waals surface area contributed by atoms with Gasteiger partial charge in [0.05, 0.1) is 0 Å². The van der Waals surface area contributed by atoms with E-state index in [2.05, 4.69) is 125 Å². The molecule has 0 bridgehead atoms. The van der Waals surface area contributed by atoms with Gasteiger partial charge in [-0.3, -0.25) is 0 Å². The first kappa shape index (κ1) is 18.5. The first-order valence-corrected chi connectivity index (χ1v) is 12.5. The van der Waals surface area contributed by atoms with E-state index in [1.165, 1.54) is 60.3 Å². The summed E-state index contributed by atoms with van der Waals surface area (Å²) in [4.78, 5) is 7.64. The molecule has 0 amide bonds. The lowest BCUT2D eigenvalue weighted by Gasteiger charge is -2.46. The summed E-state index contributed by atoms with van der Waals surface area (Å²) in [7, 11) is 0. The fourth-order valence-electron chi connectivity index (χ4n) is 5.96. The number of anilines is 6. The van der Waals surface area contributed by atoms with Crippen LogP contribution in [0.1, 0.15) is 0 Å². The van der Waals surface area contributed by atoms with Gasteiger partial charge in [0, 0.05) is 43.9 Å². The average molecular weight is 450 g/mol. The molecule has 0 aromatic heterocycles. The van der Waals surface area contributed by atoms with Crippen molar-refractivity contribution in [2.75, 3.05) is 9.80 Å². The molecule has 0 fully saturated rings. The summed E-state index contributed by atoms with van der Waals surface area (Å²) >= 11 is 1.91. The van der Waals surface area contributed by atoms with Gasteiger partial charge in [-0.15, -0.1) is 0 Å². The van der Waals surface area contributed by atoms with Crippen molar-refractivity contribution in [2.45, 2.75) is 9.79 Å². The maximum atomic E-state index is 2.46. The molecule has 0 radical (unpaired) electrons. The number of nitrogens with zero attached hydrogens (tertiary/aromatic N) is 2. The molecule has 0 atom stereocenters. The lowest BCUT2D eigenvalue weighted by Crippen LogP contribution is -2.63. The summed E-state index contributed by atoms with van der Waals surface area (Å²) < 4.78 is 0. The summed E-state index contributed by atoms with van der Waals surface area (Å²) in [5.74, 6) is 0. The smallest absolute Gasteiger partial charge is 0.255 e. The molecule has 0 spiro atoms. The van der Waals surface area contributed by atoms with Crippen molar-refractivity contribution in [1.29, 1.82) is 0 Å². The van der Waals surface area contributed by atoms with Gasteiger partial charge in [-0.25, -0.2) is 0 Å². The SMILES string of the molecule is c1ccc(N2c3cccc4c3B3c5c(cccc5N(c5ccccc5)c5cccc2c53)S4)cc1. The molecule has 3 heterocycles. The molecule has 0 unspecified atom stereocenters. The molecule has 3 aliphatic heterocycles. The van der Waals surface area contributed by atoms with E-state index in [4.69, 9.17) is 0 Å². The van der Waals surface area contributed by atoms with Crippen LogP contribution in [0.15, 0.2) is 125 Å². The van der Waals surface area contributed by atoms with Crippen molar-refractivity contribution in [2.24, 2.45) is 0 Å². The van der Waals surface area contributed by atoms with Gasteiger partial charge in [0.1, 0.15) is 0 Å². The summed E-state index contributed by atoms with van der Waals surface area (Å²) in [6.07, 6.45) is 0. The Hall–Kier alpha value is -3.89. The van der Waals surface area contributed by atoms with Crippen molar-refractivity contribution in [1.82, 2.24) is 0 Å². The molecule has 5 aromatic rings. The molecule has 0 N–H and O–H groups in total. The zero-order valence-corrected chi connectivity index (χ0v) is 19.2. The Bertz CT molecular complexity index is 1480. The first-order valence-electron chi connectivity index (χ1n) is 11.7. The number of para-hydroxylation sites is 2. The fourth-order valence-corrected chi connectivity index (χ4v) is 7.16. The van der Waals surface area contributed by atoms with E-state index >= 15 is 0 Å². The number of rotatable bonds is 2. The van der Waals surface area contributed by atoms with Crippen molar-refractivity contribution < 1.29 is 0 Å². The van der Waals surface area contributed by atoms with E-state index < -0.39 is 0 Å². The van der Waals surface area contributed by atoms with Gasteiger partial charge >= 0.3 is 0 Å². The second kappa shape index (κ2) is 6.81. The third-order valence-electron chi connectivity index (χ3n) is 7.22. The van der Waals surface area contributed by atoms with Crippen LogP contribution >= 0.6 is 11.8 Å². The topological polar surface area (TPSA) is 6.48 Å². The van der Waals surface area contributed by atoms with E-state index in [-0.39, 0.29) is 6.71 Å². The summed E-state index contributed by atoms with van der Waals surface area (Å²) in [6, 6.07) is 41.9. The quantitative estimate of drug-likeness (QED) is 0.288. The molecule has 0 aliphatic carbocycles. The molecule has 3 aliphatic rings. The molecule has 5 aromatic carbocycles. The van der Waals surface area contributed by atoms with Crippen LogP contribution < -0.4 is 26.2 Å². The lowest BCUT2D eigenvalue weighted by molar-refractivity contribution is 1.23. The standard InChI is InChI=1S/C30H19BN2S/c1-3-10-20(11-4-1)32-22-14-7-15-23-28(22)31-29-24(32)16-8-18-26(29)34-27-19-9-17-25(30(27)31)33(23)21-12-5-2-6-13-21/h1-19H. The average Bonchev–Trinajstić information content (AvgIpc) is 2.90. The molecule has 2 nitrogen and oxygen atoms in total. The van der Waals surface area contributed by atoms with Crippen LogP contribution in [-0.2, 0) is 0 Å². The van der Waals surface area contributed by atoms with Crippen LogP contribution in [0.4, 0.5) is 34.1 Å².